The van der Waals surface area contributed by atoms with Crippen LogP contribution in [0.3, 0.4) is 0 Å². The number of hydrogen-bond donors (Lipinski definition) is 2. The molecule has 0 unspecified atom stereocenters. The number of nitrogens with one attached hydrogen (secondary N) is 1. The van der Waals surface area contributed by atoms with Gasteiger partial charge in [-0.05, 0) is 29.2 Å². The quantitative estimate of drug-likeness (QED) is 0.730. The summed E-state index contributed by atoms with van der Waals surface area (Å²) in [6, 6.07) is 14.9. The number of benzene rings is 2. The third kappa shape index (κ3) is 5.50. The molecule has 0 saturated carbocycles. The topological polar surface area (TPSA) is 67.8 Å². The molecular weight excluding hydrogens is 318 g/mol. The summed E-state index contributed by atoms with van der Waals surface area (Å²) in [5.41, 5.74) is 2.01. The Kier molecular flexibility index (Phi) is 6.83. The summed E-state index contributed by atoms with van der Waals surface area (Å²) < 4.78 is 11.2. The molecule has 25 heavy (non-hydrogen) atoms. The van der Waals surface area contributed by atoms with E-state index in [2.05, 4.69) is 5.32 Å². The highest BCUT2D eigenvalue weighted by molar-refractivity contribution is 5.73. The zero-order valence-electron chi connectivity index (χ0n) is 14.9. The fraction of sp³-hybridized carbons (Fsp3) is 0.350. The van der Waals surface area contributed by atoms with Crippen LogP contribution in [-0.2, 0) is 17.9 Å². The number of ether oxygens (including phenoxy) is 2. The second kappa shape index (κ2) is 9.08. The monoisotopic (exact) mass is 343 g/mol. The number of carbonyl (C=O) groups is 1. The predicted octanol–water partition coefficient (Wildman–Crippen LogP) is 3.47. The van der Waals surface area contributed by atoms with Crippen LogP contribution in [0.5, 0.6) is 11.5 Å². The van der Waals surface area contributed by atoms with E-state index in [1.807, 2.05) is 62.4 Å². The standard InChI is InChI=1S/C20H25NO4/c1-14(2)19(20(22)23)21-12-16-9-10-17(24-3)18(11-16)25-13-15-7-5-4-6-8-15/h4-11,14,19,21H,12-13H2,1-3H3,(H,22,23)/t19-/m0/s1. The number of carboxylic acid groups (broad SMARTS) is 1. The SMILES string of the molecule is COc1ccc(CN[C@H](C(=O)O)C(C)C)cc1OCc1ccccc1. The molecule has 1 atom stereocenters. The van der Waals surface area contributed by atoms with E-state index in [0.29, 0.717) is 24.7 Å². The maximum atomic E-state index is 11.3. The van der Waals surface area contributed by atoms with Crippen molar-refractivity contribution >= 4 is 5.97 Å². The lowest BCUT2D eigenvalue weighted by Crippen LogP contribution is -2.40. The first-order chi connectivity index (χ1) is 12.0. The minimum atomic E-state index is -0.843. The molecule has 0 bridgehead atoms. The maximum absolute atomic E-state index is 11.3. The number of aliphatic carboxylic acids is 1. The van der Waals surface area contributed by atoms with Gasteiger partial charge < -0.3 is 19.9 Å². The van der Waals surface area contributed by atoms with Gasteiger partial charge in [0.05, 0.1) is 7.11 Å². The van der Waals surface area contributed by atoms with E-state index in [1.165, 1.54) is 0 Å². The van der Waals surface area contributed by atoms with Gasteiger partial charge in [-0.25, -0.2) is 0 Å². The minimum absolute atomic E-state index is 0.00421. The van der Waals surface area contributed by atoms with Crippen LogP contribution in [0.1, 0.15) is 25.0 Å². The lowest BCUT2D eigenvalue weighted by molar-refractivity contribution is -0.140. The smallest absolute Gasteiger partial charge is 0.320 e. The van der Waals surface area contributed by atoms with Gasteiger partial charge in [-0.15, -0.1) is 0 Å². The normalized spacial score (nSPS) is 12.0. The summed E-state index contributed by atoms with van der Waals surface area (Å²) in [6.45, 7) is 4.65. The summed E-state index contributed by atoms with van der Waals surface area (Å²) in [7, 11) is 1.60. The van der Waals surface area contributed by atoms with E-state index in [0.717, 1.165) is 11.1 Å². The van der Waals surface area contributed by atoms with Crippen LogP contribution in [0.25, 0.3) is 0 Å². The second-order valence-electron chi connectivity index (χ2n) is 6.20. The van der Waals surface area contributed by atoms with E-state index >= 15 is 0 Å². The fourth-order valence-corrected chi connectivity index (χ4v) is 2.52. The summed E-state index contributed by atoms with van der Waals surface area (Å²) in [6.07, 6.45) is 0. The van der Waals surface area contributed by atoms with Crippen molar-refractivity contribution in [1.82, 2.24) is 5.32 Å². The van der Waals surface area contributed by atoms with E-state index < -0.39 is 12.0 Å². The van der Waals surface area contributed by atoms with Gasteiger partial charge in [0.25, 0.3) is 0 Å². The average molecular weight is 343 g/mol. The Bertz CT molecular complexity index is 685. The molecule has 0 saturated heterocycles. The van der Waals surface area contributed by atoms with Crippen LogP contribution < -0.4 is 14.8 Å². The summed E-state index contributed by atoms with van der Waals surface area (Å²) in [5, 5.41) is 12.3. The van der Waals surface area contributed by atoms with Gasteiger partial charge in [-0.2, -0.15) is 0 Å². The number of rotatable bonds is 9. The van der Waals surface area contributed by atoms with Crippen LogP contribution in [0, 0.1) is 5.92 Å². The van der Waals surface area contributed by atoms with Crippen molar-refractivity contribution in [3.8, 4) is 11.5 Å². The Morgan fingerprint density at radius 1 is 1.08 bits per heavy atom. The highest BCUT2D eigenvalue weighted by Crippen LogP contribution is 2.29. The van der Waals surface area contributed by atoms with Crippen molar-refractivity contribution in [3.05, 3.63) is 59.7 Å². The predicted molar refractivity (Wildman–Crippen MR) is 96.9 cm³/mol. The van der Waals surface area contributed by atoms with Crippen LogP contribution in [0.4, 0.5) is 0 Å². The molecule has 0 fully saturated rings. The molecule has 2 aromatic carbocycles. The van der Waals surface area contributed by atoms with E-state index in [9.17, 15) is 9.90 Å². The average Bonchev–Trinajstić information content (AvgIpc) is 2.60. The summed E-state index contributed by atoms with van der Waals surface area (Å²) >= 11 is 0. The molecular formula is C20H25NO4. The number of hydrogen-bond acceptors (Lipinski definition) is 4. The van der Waals surface area contributed by atoms with Crippen molar-refractivity contribution in [2.45, 2.75) is 33.0 Å². The fourth-order valence-electron chi connectivity index (χ4n) is 2.52. The van der Waals surface area contributed by atoms with E-state index in [-0.39, 0.29) is 5.92 Å². The van der Waals surface area contributed by atoms with Crippen molar-refractivity contribution < 1.29 is 19.4 Å². The molecule has 0 aliphatic carbocycles. The third-order valence-electron chi connectivity index (χ3n) is 3.92. The number of carboxylic acids is 1. The maximum Gasteiger partial charge on any atom is 0.320 e. The van der Waals surface area contributed by atoms with Gasteiger partial charge in [-0.3, -0.25) is 4.79 Å². The molecule has 5 heteroatoms. The second-order valence-corrected chi connectivity index (χ2v) is 6.20. The van der Waals surface area contributed by atoms with Gasteiger partial charge >= 0.3 is 5.97 Å². The van der Waals surface area contributed by atoms with Gasteiger partial charge in [0, 0.05) is 6.54 Å². The van der Waals surface area contributed by atoms with E-state index in [4.69, 9.17) is 9.47 Å². The lowest BCUT2D eigenvalue weighted by atomic mass is 10.0. The highest BCUT2D eigenvalue weighted by Gasteiger charge is 2.20. The molecule has 0 radical (unpaired) electrons. The molecule has 0 spiro atoms. The van der Waals surface area contributed by atoms with Gasteiger partial charge in [-0.1, -0.05) is 50.2 Å². The first-order valence-corrected chi connectivity index (χ1v) is 8.31. The molecule has 0 aliphatic rings. The Hall–Kier alpha value is -2.53. The molecule has 5 nitrogen and oxygen atoms in total. The molecule has 0 amide bonds. The van der Waals surface area contributed by atoms with Gasteiger partial charge in [0.15, 0.2) is 11.5 Å². The molecule has 134 valence electrons. The minimum Gasteiger partial charge on any atom is -0.493 e. The summed E-state index contributed by atoms with van der Waals surface area (Å²) in [4.78, 5) is 11.3. The van der Waals surface area contributed by atoms with Crippen LogP contribution in [0.15, 0.2) is 48.5 Å². The molecule has 0 heterocycles. The first kappa shape index (κ1) is 18.8. The van der Waals surface area contributed by atoms with Crippen molar-refractivity contribution in [1.29, 1.82) is 0 Å². The highest BCUT2D eigenvalue weighted by atomic mass is 16.5. The Balaban J connectivity index is 2.06. The van der Waals surface area contributed by atoms with Gasteiger partial charge in [0.1, 0.15) is 12.6 Å². The molecule has 0 aromatic heterocycles. The molecule has 0 aliphatic heterocycles. The van der Waals surface area contributed by atoms with Gasteiger partial charge in [0.2, 0.25) is 0 Å². The molecule has 2 aromatic rings. The molecule has 2 N–H and O–H groups in total. The van der Waals surface area contributed by atoms with Crippen LogP contribution in [-0.4, -0.2) is 24.2 Å². The largest absolute Gasteiger partial charge is 0.493 e. The van der Waals surface area contributed by atoms with Crippen LogP contribution >= 0.6 is 0 Å². The first-order valence-electron chi connectivity index (χ1n) is 8.31. The Morgan fingerprint density at radius 3 is 2.40 bits per heavy atom. The Labute approximate surface area is 148 Å². The molecule has 2 rings (SSSR count). The lowest BCUT2D eigenvalue weighted by Gasteiger charge is -2.18. The Morgan fingerprint density at radius 2 is 1.80 bits per heavy atom. The zero-order valence-corrected chi connectivity index (χ0v) is 14.9. The van der Waals surface area contributed by atoms with E-state index in [1.54, 1.807) is 7.11 Å². The van der Waals surface area contributed by atoms with Crippen molar-refractivity contribution in [2.75, 3.05) is 7.11 Å². The van der Waals surface area contributed by atoms with Crippen LogP contribution in [0.2, 0.25) is 0 Å². The third-order valence-corrected chi connectivity index (χ3v) is 3.92. The number of methoxy groups -OCH3 is 1. The van der Waals surface area contributed by atoms with Crippen molar-refractivity contribution in [3.63, 3.8) is 0 Å². The summed E-state index contributed by atoms with van der Waals surface area (Å²) in [5.74, 6) is 0.453. The van der Waals surface area contributed by atoms with Crippen molar-refractivity contribution in [2.24, 2.45) is 5.92 Å². The zero-order chi connectivity index (χ0) is 18.2.